The minimum atomic E-state index is -0.393. The van der Waals surface area contributed by atoms with Crippen molar-refractivity contribution in [2.75, 3.05) is 6.61 Å². The van der Waals surface area contributed by atoms with E-state index in [1.807, 2.05) is 51.1 Å². The molecule has 0 aliphatic rings. The number of ether oxygens (including phenoxy) is 1. The van der Waals surface area contributed by atoms with Crippen molar-refractivity contribution in [2.45, 2.75) is 53.4 Å². The quantitative estimate of drug-likeness (QED) is 0.714. The van der Waals surface area contributed by atoms with Crippen molar-refractivity contribution in [2.24, 2.45) is 0 Å². The molecule has 0 bridgehead atoms. The number of nitrogens with one attached hydrogen (secondary N) is 2. The van der Waals surface area contributed by atoms with Crippen molar-refractivity contribution in [3.8, 4) is 5.75 Å². The van der Waals surface area contributed by atoms with E-state index in [-0.39, 0.29) is 12.5 Å². The van der Waals surface area contributed by atoms with E-state index in [1.165, 1.54) is 11.1 Å². The Morgan fingerprint density at radius 2 is 1.57 bits per heavy atom. The summed E-state index contributed by atoms with van der Waals surface area (Å²) in [5, 5.41) is 0. The monoisotopic (exact) mass is 382 g/mol. The lowest BCUT2D eigenvalue weighted by Crippen LogP contribution is -2.43. The van der Waals surface area contributed by atoms with Crippen molar-refractivity contribution >= 4 is 11.8 Å². The van der Waals surface area contributed by atoms with Gasteiger partial charge in [0.05, 0.1) is 0 Å². The van der Waals surface area contributed by atoms with E-state index in [0.717, 1.165) is 16.7 Å². The van der Waals surface area contributed by atoms with Gasteiger partial charge in [-0.1, -0.05) is 49.7 Å². The number of hydrazine groups is 1. The van der Waals surface area contributed by atoms with E-state index in [4.69, 9.17) is 4.74 Å². The summed E-state index contributed by atoms with van der Waals surface area (Å²) < 4.78 is 5.67. The Morgan fingerprint density at radius 3 is 2.25 bits per heavy atom. The van der Waals surface area contributed by atoms with Crippen LogP contribution < -0.4 is 15.6 Å². The van der Waals surface area contributed by atoms with Crippen molar-refractivity contribution in [1.82, 2.24) is 10.9 Å². The SMILES string of the molecule is Cc1ccc(CCC(=O)NNC(=O)COc2cc(C)ccc2C(C)C)c(C)c1. The van der Waals surface area contributed by atoms with Crippen molar-refractivity contribution in [1.29, 1.82) is 0 Å². The molecular formula is C23H30N2O3. The second-order valence-electron chi connectivity index (χ2n) is 7.51. The molecule has 0 aliphatic heterocycles. The van der Waals surface area contributed by atoms with Gasteiger partial charge in [0, 0.05) is 6.42 Å². The Balaban J connectivity index is 1.78. The van der Waals surface area contributed by atoms with Crippen LogP contribution in [0.15, 0.2) is 36.4 Å². The number of hydrogen-bond donors (Lipinski definition) is 2. The number of aryl methyl sites for hydroxylation is 4. The number of rotatable bonds is 7. The van der Waals surface area contributed by atoms with Gasteiger partial charge in [-0.05, 0) is 61.4 Å². The highest BCUT2D eigenvalue weighted by molar-refractivity contribution is 5.82. The summed E-state index contributed by atoms with van der Waals surface area (Å²) in [7, 11) is 0. The molecule has 0 saturated heterocycles. The third-order valence-electron chi connectivity index (χ3n) is 4.61. The van der Waals surface area contributed by atoms with E-state index in [1.54, 1.807) is 0 Å². The third kappa shape index (κ3) is 6.41. The molecule has 0 atom stereocenters. The highest BCUT2D eigenvalue weighted by Gasteiger charge is 2.11. The molecule has 5 nitrogen and oxygen atoms in total. The van der Waals surface area contributed by atoms with Gasteiger partial charge in [-0.25, -0.2) is 0 Å². The minimum absolute atomic E-state index is 0.152. The molecule has 28 heavy (non-hydrogen) atoms. The first kappa shape index (κ1) is 21.5. The zero-order valence-corrected chi connectivity index (χ0v) is 17.4. The third-order valence-corrected chi connectivity index (χ3v) is 4.61. The summed E-state index contributed by atoms with van der Waals surface area (Å²) in [5.41, 5.74) is 10.5. The molecule has 5 heteroatoms. The molecule has 0 fully saturated rings. The predicted molar refractivity (Wildman–Crippen MR) is 111 cm³/mol. The van der Waals surface area contributed by atoms with Gasteiger partial charge in [0.25, 0.3) is 5.91 Å². The normalized spacial score (nSPS) is 10.6. The Labute approximate surface area is 167 Å². The second-order valence-corrected chi connectivity index (χ2v) is 7.51. The first-order chi connectivity index (χ1) is 13.3. The molecule has 2 amide bonds. The molecule has 2 rings (SSSR count). The minimum Gasteiger partial charge on any atom is -0.483 e. The molecule has 0 aromatic heterocycles. The van der Waals surface area contributed by atoms with Crippen LogP contribution in [0.1, 0.15) is 54.0 Å². The summed E-state index contributed by atoms with van der Waals surface area (Å²) >= 11 is 0. The maximum atomic E-state index is 12.0. The molecule has 2 aromatic carbocycles. The molecule has 0 radical (unpaired) electrons. The van der Waals surface area contributed by atoms with Crippen LogP contribution in [-0.4, -0.2) is 18.4 Å². The van der Waals surface area contributed by atoms with Gasteiger partial charge in [0.1, 0.15) is 5.75 Å². The molecule has 0 spiro atoms. The molecule has 150 valence electrons. The standard InChI is InChI=1S/C23H30N2O3/c1-15(2)20-10-7-17(4)13-21(20)28-14-23(27)25-24-22(26)11-9-19-8-6-16(3)12-18(19)5/h6-8,10,12-13,15H,9,11,14H2,1-5H3,(H,24,26)(H,25,27). The van der Waals surface area contributed by atoms with E-state index in [2.05, 4.69) is 30.8 Å². The van der Waals surface area contributed by atoms with Crippen molar-refractivity contribution in [3.05, 3.63) is 64.2 Å². The fraction of sp³-hybridized carbons (Fsp3) is 0.391. The second kappa shape index (κ2) is 9.93. The topological polar surface area (TPSA) is 67.4 Å². The summed E-state index contributed by atoms with van der Waals surface area (Å²) in [5.74, 6) is 0.373. The lowest BCUT2D eigenvalue weighted by Gasteiger charge is -2.15. The van der Waals surface area contributed by atoms with Crippen LogP contribution in [0.3, 0.4) is 0 Å². The molecule has 0 saturated carbocycles. The summed E-state index contributed by atoms with van der Waals surface area (Å²) in [6.45, 7) is 10.1. The first-order valence-electron chi connectivity index (χ1n) is 9.63. The van der Waals surface area contributed by atoms with Crippen LogP contribution in [0.25, 0.3) is 0 Å². The zero-order valence-electron chi connectivity index (χ0n) is 17.4. The van der Waals surface area contributed by atoms with Crippen molar-refractivity contribution in [3.63, 3.8) is 0 Å². The highest BCUT2D eigenvalue weighted by Crippen LogP contribution is 2.27. The van der Waals surface area contributed by atoms with E-state index >= 15 is 0 Å². The lowest BCUT2D eigenvalue weighted by molar-refractivity contribution is -0.130. The zero-order chi connectivity index (χ0) is 20.7. The van der Waals surface area contributed by atoms with Gasteiger partial charge in [0.2, 0.25) is 5.91 Å². The number of carbonyl (C=O) groups is 2. The smallest absolute Gasteiger partial charge is 0.276 e. The number of hydrogen-bond acceptors (Lipinski definition) is 3. The van der Waals surface area contributed by atoms with Crippen molar-refractivity contribution < 1.29 is 14.3 Å². The summed E-state index contributed by atoms with van der Waals surface area (Å²) in [6.07, 6.45) is 0.936. The largest absolute Gasteiger partial charge is 0.483 e. The number of benzene rings is 2. The fourth-order valence-corrected chi connectivity index (χ4v) is 3.00. The Kier molecular flexibility index (Phi) is 7.61. The van der Waals surface area contributed by atoms with Gasteiger partial charge in [-0.2, -0.15) is 0 Å². The van der Waals surface area contributed by atoms with E-state index in [9.17, 15) is 9.59 Å². The van der Waals surface area contributed by atoms with Gasteiger partial charge >= 0.3 is 0 Å². The molecular weight excluding hydrogens is 352 g/mol. The van der Waals surface area contributed by atoms with Crippen LogP contribution in [0.2, 0.25) is 0 Å². The van der Waals surface area contributed by atoms with E-state index in [0.29, 0.717) is 24.5 Å². The van der Waals surface area contributed by atoms with Crippen LogP contribution in [-0.2, 0) is 16.0 Å². The number of carbonyl (C=O) groups excluding carboxylic acids is 2. The van der Waals surface area contributed by atoms with Gasteiger partial charge in [-0.3, -0.25) is 20.4 Å². The molecule has 2 N–H and O–H groups in total. The van der Waals surface area contributed by atoms with E-state index < -0.39 is 5.91 Å². The van der Waals surface area contributed by atoms with Gasteiger partial charge in [-0.15, -0.1) is 0 Å². The molecule has 0 unspecified atom stereocenters. The Bertz CT molecular complexity index is 844. The highest BCUT2D eigenvalue weighted by atomic mass is 16.5. The average Bonchev–Trinajstić information content (AvgIpc) is 2.63. The molecule has 2 aromatic rings. The summed E-state index contributed by atoms with van der Waals surface area (Å²) in [6, 6.07) is 12.1. The average molecular weight is 383 g/mol. The molecule has 0 heterocycles. The maximum Gasteiger partial charge on any atom is 0.276 e. The van der Waals surface area contributed by atoms with Crippen LogP contribution >= 0.6 is 0 Å². The lowest BCUT2D eigenvalue weighted by atomic mass is 10.0. The van der Waals surface area contributed by atoms with Crippen LogP contribution in [0, 0.1) is 20.8 Å². The first-order valence-corrected chi connectivity index (χ1v) is 9.63. The Hall–Kier alpha value is -2.82. The van der Waals surface area contributed by atoms with Gasteiger partial charge in [0.15, 0.2) is 6.61 Å². The van der Waals surface area contributed by atoms with Crippen LogP contribution in [0.5, 0.6) is 5.75 Å². The molecule has 0 aliphatic carbocycles. The van der Waals surface area contributed by atoms with Gasteiger partial charge < -0.3 is 4.74 Å². The van der Waals surface area contributed by atoms with Crippen LogP contribution in [0.4, 0.5) is 0 Å². The number of amides is 2. The Morgan fingerprint density at radius 1 is 0.929 bits per heavy atom. The predicted octanol–water partition coefficient (Wildman–Crippen LogP) is 3.89. The summed E-state index contributed by atoms with van der Waals surface area (Å²) in [4.78, 5) is 24.0. The maximum absolute atomic E-state index is 12.0. The fourth-order valence-electron chi connectivity index (χ4n) is 3.00.